The van der Waals surface area contributed by atoms with Crippen molar-refractivity contribution in [1.82, 2.24) is 0 Å². The van der Waals surface area contributed by atoms with Crippen LogP contribution in [0, 0.1) is 0 Å². The molecule has 1 saturated heterocycles. The Kier molecular flexibility index (Phi) is 4.69. The lowest BCUT2D eigenvalue weighted by Gasteiger charge is -2.46. The first-order valence-electron chi connectivity index (χ1n) is 13.1. The second kappa shape index (κ2) is 7.86. The Hall–Kier alpha value is -3.79. The minimum atomic E-state index is -0.785. The van der Waals surface area contributed by atoms with E-state index >= 15 is 0 Å². The number of nitrogens with zero attached hydrogens (tertiary/aromatic N) is 3. The molecule has 0 N–H and O–H groups in total. The average molecular weight is 474 g/mol. The zero-order valence-corrected chi connectivity index (χ0v) is 20.9. The topological polar surface area (TPSA) is 28.1 Å². The Bertz CT molecular complexity index is 1490. The normalized spacial score (nSPS) is 21.9. The number of anilines is 3. The van der Waals surface area contributed by atoms with Gasteiger partial charge >= 0.3 is 0 Å². The first kappa shape index (κ1) is 21.5. The van der Waals surface area contributed by atoms with Crippen molar-refractivity contribution in [2.45, 2.75) is 44.2 Å². The molecular formula is C32H31N3O. The molecule has 36 heavy (non-hydrogen) atoms. The molecule has 180 valence electrons. The van der Waals surface area contributed by atoms with Gasteiger partial charge in [0, 0.05) is 47.0 Å². The molecule has 4 aromatic carbocycles. The number of rotatable bonds is 2. The van der Waals surface area contributed by atoms with Crippen LogP contribution in [0.5, 0.6) is 5.75 Å². The SMILES string of the molecule is CC1(C)c2ccccc2N(c2ccccc2)C12C=Nc1c(cc(N3CCCCC3)c3ccccc13)O2. The molecule has 0 aliphatic carbocycles. The van der Waals surface area contributed by atoms with Crippen LogP contribution in [0.15, 0.2) is 89.9 Å². The van der Waals surface area contributed by atoms with E-state index in [9.17, 15) is 0 Å². The van der Waals surface area contributed by atoms with Crippen molar-refractivity contribution in [2.24, 2.45) is 4.99 Å². The highest BCUT2D eigenvalue weighted by Crippen LogP contribution is 2.57. The number of fused-ring (bicyclic) bond motifs is 4. The van der Waals surface area contributed by atoms with E-state index in [4.69, 9.17) is 9.73 Å². The number of aliphatic imine (C=N–C) groups is 1. The maximum Gasteiger partial charge on any atom is 0.233 e. The van der Waals surface area contributed by atoms with Gasteiger partial charge in [-0.1, -0.05) is 60.7 Å². The zero-order valence-electron chi connectivity index (χ0n) is 20.9. The second-order valence-corrected chi connectivity index (χ2v) is 10.7. The molecule has 3 aliphatic rings. The molecule has 1 unspecified atom stereocenters. The Labute approximate surface area is 212 Å². The van der Waals surface area contributed by atoms with Crippen LogP contribution >= 0.6 is 0 Å². The molecule has 0 amide bonds. The van der Waals surface area contributed by atoms with Gasteiger partial charge in [-0.3, -0.25) is 9.89 Å². The second-order valence-electron chi connectivity index (χ2n) is 10.7. The number of para-hydroxylation sites is 2. The van der Waals surface area contributed by atoms with Gasteiger partial charge in [-0.15, -0.1) is 0 Å². The summed E-state index contributed by atoms with van der Waals surface area (Å²) in [5.74, 6) is 0.860. The van der Waals surface area contributed by atoms with Crippen LogP contribution < -0.4 is 14.5 Å². The fourth-order valence-corrected chi connectivity index (χ4v) is 6.42. The van der Waals surface area contributed by atoms with Gasteiger partial charge in [0.05, 0.1) is 11.6 Å². The monoisotopic (exact) mass is 473 g/mol. The Morgan fingerprint density at radius 2 is 1.44 bits per heavy atom. The summed E-state index contributed by atoms with van der Waals surface area (Å²) in [5, 5.41) is 2.41. The molecule has 0 aromatic heterocycles. The van der Waals surface area contributed by atoms with E-state index in [0.29, 0.717) is 0 Å². The van der Waals surface area contributed by atoms with Gasteiger partial charge in [0.25, 0.3) is 0 Å². The maximum absolute atomic E-state index is 7.23. The molecular weight excluding hydrogens is 442 g/mol. The summed E-state index contributed by atoms with van der Waals surface area (Å²) in [4.78, 5) is 10.1. The van der Waals surface area contributed by atoms with Crippen molar-refractivity contribution in [3.05, 3.63) is 90.5 Å². The minimum Gasteiger partial charge on any atom is -0.459 e. The Morgan fingerprint density at radius 3 is 2.25 bits per heavy atom. The quantitative estimate of drug-likeness (QED) is 0.298. The molecule has 4 heteroatoms. The van der Waals surface area contributed by atoms with Gasteiger partial charge < -0.3 is 9.64 Å². The third-order valence-corrected chi connectivity index (χ3v) is 8.35. The summed E-state index contributed by atoms with van der Waals surface area (Å²) in [6.45, 7) is 6.73. The van der Waals surface area contributed by atoms with Crippen molar-refractivity contribution >= 4 is 39.7 Å². The molecule has 1 spiro atoms. The first-order valence-corrected chi connectivity index (χ1v) is 13.1. The van der Waals surface area contributed by atoms with Crippen molar-refractivity contribution < 1.29 is 4.74 Å². The van der Waals surface area contributed by atoms with Crippen LogP contribution in [0.3, 0.4) is 0 Å². The number of hydrogen-bond acceptors (Lipinski definition) is 4. The third kappa shape index (κ3) is 2.90. The molecule has 3 heterocycles. The zero-order chi connectivity index (χ0) is 24.3. The van der Waals surface area contributed by atoms with E-state index in [-0.39, 0.29) is 5.41 Å². The average Bonchev–Trinajstić information content (AvgIpc) is 3.11. The standard InChI is InChI=1S/C32H31N3O/c1-31(2)26-17-9-10-18-27(26)35(23-13-5-3-6-14-23)32(31)22-33-30-25-16-8-7-15-24(25)28(21-29(30)36-32)34-19-11-4-12-20-34/h3,5-10,13-18,21-22H,4,11-12,19-20H2,1-2H3. The molecule has 7 rings (SSSR count). The molecule has 1 fully saturated rings. The van der Waals surface area contributed by atoms with Crippen molar-refractivity contribution in [2.75, 3.05) is 22.9 Å². The lowest BCUT2D eigenvalue weighted by atomic mass is 9.77. The minimum absolute atomic E-state index is 0.336. The van der Waals surface area contributed by atoms with Gasteiger partial charge in [-0.2, -0.15) is 0 Å². The predicted octanol–water partition coefficient (Wildman–Crippen LogP) is 7.75. The summed E-state index contributed by atoms with van der Waals surface area (Å²) in [6, 6.07) is 30.1. The number of piperidine rings is 1. The van der Waals surface area contributed by atoms with Crippen LogP contribution in [0.25, 0.3) is 10.8 Å². The molecule has 0 radical (unpaired) electrons. The fourth-order valence-electron chi connectivity index (χ4n) is 6.42. The van der Waals surface area contributed by atoms with Crippen LogP contribution in [0.4, 0.5) is 22.7 Å². The van der Waals surface area contributed by atoms with Gasteiger partial charge in [-0.25, -0.2) is 0 Å². The molecule has 1 atom stereocenters. The van der Waals surface area contributed by atoms with Crippen molar-refractivity contribution in [3.63, 3.8) is 0 Å². The van der Waals surface area contributed by atoms with Crippen molar-refractivity contribution in [1.29, 1.82) is 0 Å². The van der Waals surface area contributed by atoms with Gasteiger partial charge in [-0.05, 0) is 56.9 Å². The third-order valence-electron chi connectivity index (χ3n) is 8.35. The lowest BCUT2D eigenvalue weighted by Crippen LogP contribution is -2.60. The molecule has 0 saturated carbocycles. The molecule has 0 bridgehead atoms. The summed E-state index contributed by atoms with van der Waals surface area (Å²) in [5.41, 5.74) is 4.60. The smallest absolute Gasteiger partial charge is 0.233 e. The summed E-state index contributed by atoms with van der Waals surface area (Å²) >= 11 is 0. The Morgan fingerprint density at radius 1 is 0.750 bits per heavy atom. The maximum atomic E-state index is 7.23. The van der Waals surface area contributed by atoms with E-state index in [1.165, 1.54) is 41.6 Å². The van der Waals surface area contributed by atoms with E-state index in [1.807, 2.05) is 0 Å². The number of benzene rings is 4. The van der Waals surface area contributed by atoms with E-state index < -0.39 is 5.72 Å². The van der Waals surface area contributed by atoms with E-state index in [1.54, 1.807) is 0 Å². The van der Waals surface area contributed by atoms with Crippen molar-refractivity contribution in [3.8, 4) is 5.75 Å². The number of ether oxygens (including phenoxy) is 1. The van der Waals surface area contributed by atoms with Crippen LogP contribution in [-0.2, 0) is 5.41 Å². The van der Waals surface area contributed by atoms with E-state index in [2.05, 4.69) is 115 Å². The fraction of sp³-hybridized carbons (Fsp3) is 0.281. The Balaban J connectivity index is 1.45. The molecule has 4 nitrogen and oxygen atoms in total. The summed E-state index contributed by atoms with van der Waals surface area (Å²) in [6.07, 6.45) is 5.83. The molecule has 3 aliphatic heterocycles. The predicted molar refractivity (Wildman–Crippen MR) is 150 cm³/mol. The van der Waals surface area contributed by atoms with Crippen LogP contribution in [0.2, 0.25) is 0 Å². The lowest BCUT2D eigenvalue weighted by molar-refractivity contribution is 0.0875. The van der Waals surface area contributed by atoms with E-state index in [0.717, 1.165) is 35.6 Å². The first-order chi connectivity index (χ1) is 17.6. The highest BCUT2D eigenvalue weighted by molar-refractivity contribution is 6.06. The van der Waals surface area contributed by atoms with Crippen LogP contribution in [-0.4, -0.2) is 25.0 Å². The molecule has 4 aromatic rings. The van der Waals surface area contributed by atoms with Gasteiger partial charge in [0.2, 0.25) is 5.72 Å². The largest absolute Gasteiger partial charge is 0.459 e. The highest BCUT2D eigenvalue weighted by atomic mass is 16.5. The van der Waals surface area contributed by atoms with Gasteiger partial charge in [0.1, 0.15) is 5.69 Å². The van der Waals surface area contributed by atoms with Crippen LogP contribution in [0.1, 0.15) is 38.7 Å². The summed E-state index contributed by atoms with van der Waals surface area (Å²) < 4.78 is 7.23. The number of hydrogen-bond donors (Lipinski definition) is 0. The highest BCUT2D eigenvalue weighted by Gasteiger charge is 2.60. The van der Waals surface area contributed by atoms with Gasteiger partial charge in [0.15, 0.2) is 5.75 Å². The summed E-state index contributed by atoms with van der Waals surface area (Å²) in [7, 11) is 0.